The maximum absolute atomic E-state index is 12.6. The molecule has 0 aromatic heterocycles. The highest BCUT2D eigenvalue weighted by Crippen LogP contribution is 2.26. The molecule has 1 saturated heterocycles. The SMILES string of the molecule is CCNCCCN(C)S(=O)(=O)N1[C@H](C)CCC[C@@H]1C. The van der Waals surface area contributed by atoms with Gasteiger partial charge in [0, 0.05) is 25.7 Å². The van der Waals surface area contributed by atoms with Crippen molar-refractivity contribution in [2.45, 2.75) is 58.5 Å². The van der Waals surface area contributed by atoms with Crippen molar-refractivity contribution >= 4 is 10.2 Å². The van der Waals surface area contributed by atoms with E-state index in [4.69, 9.17) is 0 Å². The molecule has 0 amide bonds. The Labute approximate surface area is 118 Å². The van der Waals surface area contributed by atoms with Crippen molar-refractivity contribution in [2.75, 3.05) is 26.7 Å². The van der Waals surface area contributed by atoms with Gasteiger partial charge < -0.3 is 5.32 Å². The zero-order valence-corrected chi connectivity index (χ0v) is 13.5. The maximum Gasteiger partial charge on any atom is 0.282 e. The first-order valence-electron chi connectivity index (χ1n) is 7.36. The summed E-state index contributed by atoms with van der Waals surface area (Å²) in [4.78, 5) is 0. The predicted octanol–water partition coefficient (Wildman–Crippen LogP) is 1.43. The first-order valence-corrected chi connectivity index (χ1v) is 8.76. The Hall–Kier alpha value is -0.170. The number of rotatable bonds is 7. The fraction of sp³-hybridized carbons (Fsp3) is 1.00. The van der Waals surface area contributed by atoms with Crippen LogP contribution in [0.25, 0.3) is 0 Å². The Balaban J connectivity index is 2.62. The lowest BCUT2D eigenvalue weighted by Crippen LogP contribution is -2.52. The van der Waals surface area contributed by atoms with Crippen LogP contribution in [0.3, 0.4) is 0 Å². The van der Waals surface area contributed by atoms with E-state index in [-0.39, 0.29) is 12.1 Å². The average Bonchev–Trinajstić information content (AvgIpc) is 2.33. The van der Waals surface area contributed by atoms with Crippen LogP contribution < -0.4 is 5.32 Å². The highest BCUT2D eigenvalue weighted by molar-refractivity contribution is 7.86. The molecule has 2 atom stereocenters. The van der Waals surface area contributed by atoms with Crippen LogP contribution in [0.1, 0.15) is 46.5 Å². The lowest BCUT2D eigenvalue weighted by molar-refractivity contribution is 0.191. The molecule has 0 bridgehead atoms. The van der Waals surface area contributed by atoms with E-state index in [0.29, 0.717) is 6.54 Å². The Morgan fingerprint density at radius 1 is 1.26 bits per heavy atom. The van der Waals surface area contributed by atoms with Crippen LogP contribution in [-0.2, 0) is 10.2 Å². The molecule has 1 heterocycles. The number of hydrogen-bond acceptors (Lipinski definition) is 3. The van der Waals surface area contributed by atoms with E-state index >= 15 is 0 Å². The monoisotopic (exact) mass is 291 g/mol. The molecule has 0 aromatic carbocycles. The van der Waals surface area contributed by atoms with Crippen LogP contribution in [-0.4, -0.2) is 55.8 Å². The zero-order valence-electron chi connectivity index (χ0n) is 12.7. The summed E-state index contributed by atoms with van der Waals surface area (Å²) < 4.78 is 28.4. The third-order valence-corrected chi connectivity index (χ3v) is 6.07. The molecule has 0 spiro atoms. The van der Waals surface area contributed by atoms with E-state index < -0.39 is 10.2 Å². The van der Waals surface area contributed by atoms with E-state index in [9.17, 15) is 8.42 Å². The van der Waals surface area contributed by atoms with Crippen LogP contribution in [0.2, 0.25) is 0 Å². The number of hydrogen-bond donors (Lipinski definition) is 1. The minimum Gasteiger partial charge on any atom is -0.317 e. The molecule has 19 heavy (non-hydrogen) atoms. The van der Waals surface area contributed by atoms with E-state index in [2.05, 4.69) is 12.2 Å². The summed E-state index contributed by atoms with van der Waals surface area (Å²) in [6.07, 6.45) is 3.91. The molecule has 5 nitrogen and oxygen atoms in total. The molecule has 1 fully saturated rings. The second-order valence-electron chi connectivity index (χ2n) is 5.50. The molecular formula is C13H29N3O2S. The zero-order chi connectivity index (χ0) is 14.5. The Morgan fingerprint density at radius 2 is 1.84 bits per heavy atom. The van der Waals surface area contributed by atoms with Gasteiger partial charge >= 0.3 is 0 Å². The van der Waals surface area contributed by atoms with E-state index in [1.165, 1.54) is 4.31 Å². The molecule has 1 aliphatic heterocycles. The van der Waals surface area contributed by atoms with Gasteiger partial charge in [0.1, 0.15) is 0 Å². The van der Waals surface area contributed by atoms with Gasteiger partial charge in [0.25, 0.3) is 10.2 Å². The molecule has 0 aliphatic carbocycles. The maximum atomic E-state index is 12.6. The van der Waals surface area contributed by atoms with Gasteiger partial charge in [0.05, 0.1) is 0 Å². The van der Waals surface area contributed by atoms with Crippen molar-refractivity contribution in [1.82, 2.24) is 13.9 Å². The lowest BCUT2D eigenvalue weighted by Gasteiger charge is -2.39. The molecule has 0 unspecified atom stereocenters. The Bertz CT molecular complexity index is 349. The van der Waals surface area contributed by atoms with E-state index in [1.54, 1.807) is 11.4 Å². The van der Waals surface area contributed by atoms with Crippen LogP contribution in [0, 0.1) is 0 Å². The van der Waals surface area contributed by atoms with Gasteiger partial charge in [-0.15, -0.1) is 0 Å². The minimum atomic E-state index is -3.31. The average molecular weight is 291 g/mol. The fourth-order valence-corrected chi connectivity index (χ4v) is 4.53. The van der Waals surface area contributed by atoms with Gasteiger partial charge in [0.15, 0.2) is 0 Å². The summed E-state index contributed by atoms with van der Waals surface area (Å²) in [6, 6.07) is 0.231. The summed E-state index contributed by atoms with van der Waals surface area (Å²) in [5, 5.41) is 3.22. The van der Waals surface area contributed by atoms with Crippen molar-refractivity contribution in [2.24, 2.45) is 0 Å². The highest BCUT2D eigenvalue weighted by Gasteiger charge is 2.36. The van der Waals surface area contributed by atoms with Gasteiger partial charge in [-0.3, -0.25) is 0 Å². The molecule has 6 heteroatoms. The van der Waals surface area contributed by atoms with E-state index in [0.717, 1.165) is 38.8 Å². The molecule has 0 aromatic rings. The van der Waals surface area contributed by atoms with Crippen LogP contribution >= 0.6 is 0 Å². The first-order chi connectivity index (χ1) is 8.91. The van der Waals surface area contributed by atoms with Crippen molar-refractivity contribution in [1.29, 1.82) is 0 Å². The molecular weight excluding hydrogens is 262 g/mol. The quantitative estimate of drug-likeness (QED) is 0.722. The first kappa shape index (κ1) is 16.9. The van der Waals surface area contributed by atoms with Crippen LogP contribution in [0.15, 0.2) is 0 Å². The second kappa shape index (κ2) is 7.57. The molecule has 1 rings (SSSR count). The van der Waals surface area contributed by atoms with Crippen LogP contribution in [0.5, 0.6) is 0 Å². The Morgan fingerprint density at radius 3 is 2.37 bits per heavy atom. The van der Waals surface area contributed by atoms with Crippen molar-refractivity contribution in [3.05, 3.63) is 0 Å². The minimum absolute atomic E-state index is 0.116. The van der Waals surface area contributed by atoms with Gasteiger partial charge in [-0.25, -0.2) is 0 Å². The number of nitrogens with zero attached hydrogens (tertiary/aromatic N) is 2. The van der Waals surface area contributed by atoms with E-state index in [1.807, 2.05) is 13.8 Å². The highest BCUT2D eigenvalue weighted by atomic mass is 32.2. The second-order valence-corrected chi connectivity index (χ2v) is 7.44. The third kappa shape index (κ3) is 4.41. The van der Waals surface area contributed by atoms with Gasteiger partial charge in [0.2, 0.25) is 0 Å². The summed E-state index contributed by atoms with van der Waals surface area (Å²) in [5.41, 5.74) is 0. The smallest absolute Gasteiger partial charge is 0.282 e. The summed E-state index contributed by atoms with van der Waals surface area (Å²) in [5.74, 6) is 0. The van der Waals surface area contributed by atoms with Gasteiger partial charge in [-0.05, 0) is 46.2 Å². The van der Waals surface area contributed by atoms with Gasteiger partial charge in [-0.1, -0.05) is 13.3 Å². The fourth-order valence-electron chi connectivity index (χ4n) is 2.73. The molecule has 0 radical (unpaired) electrons. The summed E-state index contributed by atoms with van der Waals surface area (Å²) in [7, 11) is -1.62. The third-order valence-electron chi connectivity index (χ3n) is 3.85. The summed E-state index contributed by atoms with van der Waals surface area (Å²) in [6.45, 7) is 8.44. The van der Waals surface area contributed by atoms with Crippen molar-refractivity contribution in [3.8, 4) is 0 Å². The number of nitrogens with one attached hydrogen (secondary N) is 1. The lowest BCUT2D eigenvalue weighted by atomic mass is 10.0. The normalized spacial score (nSPS) is 25.9. The van der Waals surface area contributed by atoms with Crippen LogP contribution in [0.4, 0.5) is 0 Å². The number of piperidine rings is 1. The van der Waals surface area contributed by atoms with Gasteiger partial charge in [-0.2, -0.15) is 17.0 Å². The molecule has 114 valence electrons. The standard InChI is InChI=1S/C13H29N3O2S/c1-5-14-10-7-11-15(4)19(17,18)16-12(2)8-6-9-13(16)3/h12-14H,5-11H2,1-4H3/t12-,13+. The Kier molecular flexibility index (Phi) is 6.73. The van der Waals surface area contributed by atoms with Crippen molar-refractivity contribution in [3.63, 3.8) is 0 Å². The largest absolute Gasteiger partial charge is 0.317 e. The summed E-state index contributed by atoms with van der Waals surface area (Å²) >= 11 is 0. The molecule has 0 saturated carbocycles. The van der Waals surface area contributed by atoms with Crippen molar-refractivity contribution < 1.29 is 8.42 Å². The molecule has 1 N–H and O–H groups in total. The topological polar surface area (TPSA) is 52.7 Å². The predicted molar refractivity (Wildman–Crippen MR) is 79.3 cm³/mol. The molecule has 1 aliphatic rings.